The van der Waals surface area contributed by atoms with Crippen LogP contribution in [0.25, 0.3) is 0 Å². The van der Waals surface area contributed by atoms with E-state index >= 15 is 0 Å². The Labute approximate surface area is 273 Å². The first kappa shape index (κ1) is 34.9. The van der Waals surface area contributed by atoms with E-state index in [-0.39, 0.29) is 24.7 Å². The number of carbonyl (C=O) groups is 5. The molecule has 2 aromatic carbocycles. The quantitative estimate of drug-likeness (QED) is 0.230. The number of hydrogen-bond acceptors (Lipinski definition) is 6. The first-order valence-electron chi connectivity index (χ1n) is 15.8. The Morgan fingerprint density at radius 3 is 2.35 bits per heavy atom. The summed E-state index contributed by atoms with van der Waals surface area (Å²) in [6.07, 6.45) is 3.46. The summed E-state index contributed by atoms with van der Waals surface area (Å²) in [4.78, 5) is 64.2. The van der Waals surface area contributed by atoms with Crippen molar-refractivity contribution >= 4 is 41.2 Å². The molecule has 4 rings (SSSR count). The zero-order valence-corrected chi connectivity index (χ0v) is 26.9. The average molecular weight is 657 g/mol. The molecule has 5 N–H and O–H groups in total. The monoisotopic (exact) mass is 656 g/mol. The van der Waals surface area contributed by atoms with E-state index in [1.807, 2.05) is 19.9 Å². The molecular weight excluding hydrogens is 615 g/mol. The van der Waals surface area contributed by atoms with Crippen LogP contribution in [-0.2, 0) is 29.3 Å². The van der Waals surface area contributed by atoms with Gasteiger partial charge in [0.25, 0.3) is 5.91 Å². The zero-order chi connectivity index (χ0) is 33.4. The van der Waals surface area contributed by atoms with E-state index in [2.05, 4.69) is 16.0 Å². The molecule has 1 heterocycles. The lowest BCUT2D eigenvalue weighted by atomic mass is 9.76. The fourth-order valence-electron chi connectivity index (χ4n) is 6.44. The van der Waals surface area contributed by atoms with E-state index < -0.39 is 59.0 Å². The molecule has 2 aliphatic rings. The third-order valence-corrected chi connectivity index (χ3v) is 9.30. The van der Waals surface area contributed by atoms with Gasteiger partial charge < -0.3 is 26.4 Å². The van der Waals surface area contributed by atoms with Gasteiger partial charge in [0.1, 0.15) is 18.0 Å². The maximum absolute atomic E-state index is 14.4. The van der Waals surface area contributed by atoms with Crippen molar-refractivity contribution in [3.63, 3.8) is 0 Å². The van der Waals surface area contributed by atoms with E-state index in [1.54, 1.807) is 24.3 Å². The first-order chi connectivity index (χ1) is 21.8. The Morgan fingerprint density at radius 2 is 1.72 bits per heavy atom. The van der Waals surface area contributed by atoms with Crippen LogP contribution >= 0.6 is 11.6 Å². The van der Waals surface area contributed by atoms with Gasteiger partial charge in [0.05, 0.1) is 6.04 Å². The highest BCUT2D eigenvalue weighted by molar-refractivity contribution is 6.38. The second-order valence-electron chi connectivity index (χ2n) is 12.8. The van der Waals surface area contributed by atoms with E-state index in [0.29, 0.717) is 23.6 Å². The number of alkyl carbamates (subject to hydrolysis) is 1. The molecule has 4 atom stereocenters. The zero-order valence-electron chi connectivity index (χ0n) is 26.2. The SMILES string of the molecule is CC(C)(c1cccc(Cl)c1)C(OC(=O)NC(CC1CCCCC1)C(=O)NC(CC1CCNC1=O)C(=O)C(N)=O)c1cccc(F)c1. The molecule has 0 bridgehead atoms. The summed E-state index contributed by atoms with van der Waals surface area (Å²) in [5.74, 6) is -4.20. The highest BCUT2D eigenvalue weighted by Gasteiger charge is 2.39. The minimum absolute atomic E-state index is 0.102. The number of ether oxygens (including phenoxy) is 1. The van der Waals surface area contributed by atoms with Crippen molar-refractivity contribution in [2.75, 3.05) is 6.54 Å². The van der Waals surface area contributed by atoms with Gasteiger partial charge in [-0.3, -0.25) is 19.2 Å². The van der Waals surface area contributed by atoms with E-state index in [0.717, 1.165) is 37.7 Å². The highest BCUT2D eigenvalue weighted by atomic mass is 35.5. The number of Topliss-reactive ketones (excluding diaryl/α,β-unsaturated/α-hetero) is 1. The Balaban J connectivity index is 1.59. The van der Waals surface area contributed by atoms with Gasteiger partial charge in [-0.15, -0.1) is 0 Å². The largest absolute Gasteiger partial charge is 0.440 e. The number of halogens is 2. The number of nitrogens with two attached hydrogens (primary N) is 1. The Morgan fingerprint density at radius 1 is 1.00 bits per heavy atom. The van der Waals surface area contributed by atoms with Crippen molar-refractivity contribution in [1.29, 1.82) is 0 Å². The van der Waals surface area contributed by atoms with Crippen LogP contribution in [0.1, 0.15) is 82.4 Å². The van der Waals surface area contributed by atoms with Crippen LogP contribution in [0.5, 0.6) is 0 Å². The lowest BCUT2D eigenvalue weighted by Gasteiger charge is -2.35. The number of rotatable bonds is 13. The van der Waals surface area contributed by atoms with E-state index in [9.17, 15) is 28.4 Å². The number of nitrogens with one attached hydrogen (secondary N) is 3. The fourth-order valence-corrected chi connectivity index (χ4v) is 6.63. The summed E-state index contributed by atoms with van der Waals surface area (Å²) in [7, 11) is 0. The fraction of sp³-hybridized carbons (Fsp3) is 0.500. The molecule has 248 valence electrons. The van der Waals surface area contributed by atoms with Crippen LogP contribution in [0.3, 0.4) is 0 Å². The third-order valence-electron chi connectivity index (χ3n) is 9.06. The van der Waals surface area contributed by atoms with Crippen molar-refractivity contribution in [2.24, 2.45) is 17.6 Å². The third kappa shape index (κ3) is 9.05. The number of primary amides is 1. The van der Waals surface area contributed by atoms with Gasteiger partial charge in [-0.25, -0.2) is 9.18 Å². The summed E-state index contributed by atoms with van der Waals surface area (Å²) in [5.41, 5.74) is 5.53. The minimum atomic E-state index is -1.34. The molecule has 2 aromatic rings. The highest BCUT2D eigenvalue weighted by Crippen LogP contribution is 2.40. The topological polar surface area (TPSA) is 157 Å². The Bertz CT molecular complexity index is 1450. The summed E-state index contributed by atoms with van der Waals surface area (Å²) in [6, 6.07) is 10.3. The second kappa shape index (κ2) is 15.5. The van der Waals surface area contributed by atoms with Crippen molar-refractivity contribution < 1.29 is 33.1 Å². The van der Waals surface area contributed by atoms with Gasteiger partial charge in [0, 0.05) is 22.9 Å². The molecule has 1 saturated heterocycles. The number of carbonyl (C=O) groups excluding carboxylic acids is 5. The van der Waals surface area contributed by atoms with Gasteiger partial charge in [0.15, 0.2) is 0 Å². The van der Waals surface area contributed by atoms with Gasteiger partial charge in [-0.05, 0) is 60.6 Å². The van der Waals surface area contributed by atoms with E-state index in [4.69, 9.17) is 22.1 Å². The molecule has 1 saturated carbocycles. The molecule has 0 spiro atoms. The summed E-state index contributed by atoms with van der Waals surface area (Å²) >= 11 is 6.27. The molecule has 46 heavy (non-hydrogen) atoms. The summed E-state index contributed by atoms with van der Waals surface area (Å²) in [6.45, 7) is 4.10. The maximum atomic E-state index is 14.4. The molecule has 4 unspecified atom stereocenters. The van der Waals surface area contributed by atoms with Gasteiger partial charge >= 0.3 is 6.09 Å². The molecule has 2 fully saturated rings. The molecule has 12 heteroatoms. The van der Waals surface area contributed by atoms with Crippen LogP contribution in [0, 0.1) is 17.7 Å². The molecule has 0 aromatic heterocycles. The lowest BCUT2D eigenvalue weighted by Crippen LogP contribution is -2.54. The first-order valence-corrected chi connectivity index (χ1v) is 16.1. The van der Waals surface area contributed by atoms with Crippen molar-refractivity contribution in [3.8, 4) is 0 Å². The number of benzene rings is 2. The predicted molar refractivity (Wildman–Crippen MR) is 170 cm³/mol. The van der Waals surface area contributed by atoms with Gasteiger partial charge in [0.2, 0.25) is 17.6 Å². The van der Waals surface area contributed by atoms with Crippen LogP contribution in [0.2, 0.25) is 5.02 Å². The number of ketones is 1. The van der Waals surface area contributed by atoms with Crippen molar-refractivity contribution in [3.05, 3.63) is 70.5 Å². The molecule has 10 nitrogen and oxygen atoms in total. The number of amides is 4. The molecular formula is C34H42ClFN4O6. The predicted octanol–water partition coefficient (Wildman–Crippen LogP) is 4.63. The normalized spacial score (nSPS) is 19.0. The van der Waals surface area contributed by atoms with Gasteiger partial charge in [-0.1, -0.05) is 81.8 Å². The van der Waals surface area contributed by atoms with Crippen LogP contribution < -0.4 is 21.7 Å². The smallest absolute Gasteiger partial charge is 0.408 e. The summed E-state index contributed by atoms with van der Waals surface area (Å²) in [5, 5.41) is 8.44. The van der Waals surface area contributed by atoms with Crippen LogP contribution in [-0.4, -0.2) is 48.2 Å². The van der Waals surface area contributed by atoms with Crippen LogP contribution in [0.15, 0.2) is 48.5 Å². The molecule has 1 aliphatic carbocycles. The van der Waals surface area contributed by atoms with Gasteiger partial charge in [-0.2, -0.15) is 0 Å². The second-order valence-corrected chi connectivity index (χ2v) is 13.2. The molecule has 4 amide bonds. The maximum Gasteiger partial charge on any atom is 0.408 e. The van der Waals surface area contributed by atoms with E-state index in [1.165, 1.54) is 18.2 Å². The minimum Gasteiger partial charge on any atom is -0.440 e. The Kier molecular flexibility index (Phi) is 11.8. The molecule has 0 radical (unpaired) electrons. The van der Waals surface area contributed by atoms with Crippen molar-refractivity contribution in [2.45, 2.75) is 88.8 Å². The average Bonchev–Trinajstić information content (AvgIpc) is 3.42. The van der Waals surface area contributed by atoms with Crippen LogP contribution in [0.4, 0.5) is 9.18 Å². The standard InChI is InChI=1S/C34H42ClFN4O6/c1-34(2,23-11-7-12-24(35)19-23)29(21-10-6-13-25(36)17-21)46-33(45)40-27(16-20-8-4-3-5-9-20)32(44)39-26(28(41)30(37)42)18-22-14-15-38-31(22)43/h6-7,10-13,17,19-20,22,26-27,29H,3-5,8-9,14-16,18H2,1-2H3,(H2,37,42)(H,38,43)(H,39,44)(H,40,45). The summed E-state index contributed by atoms with van der Waals surface area (Å²) < 4.78 is 20.4. The number of hydrogen-bond donors (Lipinski definition) is 4. The molecule has 1 aliphatic heterocycles. The lowest BCUT2D eigenvalue weighted by molar-refractivity contribution is -0.139. The Hall–Kier alpha value is -3.99. The van der Waals surface area contributed by atoms with Crippen molar-refractivity contribution in [1.82, 2.24) is 16.0 Å².